The number of sulfonamides is 1. The van der Waals surface area contributed by atoms with Gasteiger partial charge in [-0.15, -0.1) is 0 Å². The first-order chi connectivity index (χ1) is 12.0. The zero-order valence-corrected chi connectivity index (χ0v) is 15.8. The van der Waals surface area contributed by atoms with Crippen molar-refractivity contribution in [3.63, 3.8) is 0 Å². The van der Waals surface area contributed by atoms with Gasteiger partial charge < -0.3 is 5.32 Å². The number of hydrogen-bond donors (Lipinski definition) is 1. The standard InChI is InChI=1S/C17H17ClF2N2O3S/c1-10-4-5-12(8-14(10)18)21-17(23)11(2)22(26(3,24)25)13-6-7-15(19)16(20)9-13/h4-9,11H,1-3H3,(H,21,23). The van der Waals surface area contributed by atoms with Gasteiger partial charge in [0.1, 0.15) is 6.04 Å². The van der Waals surface area contributed by atoms with Crippen LogP contribution >= 0.6 is 11.6 Å². The minimum absolute atomic E-state index is 0.156. The second-order valence-corrected chi connectivity index (χ2v) is 8.05. The van der Waals surface area contributed by atoms with Gasteiger partial charge in [0.05, 0.1) is 11.9 Å². The van der Waals surface area contributed by atoms with E-state index in [9.17, 15) is 22.0 Å². The molecule has 5 nitrogen and oxygen atoms in total. The largest absolute Gasteiger partial charge is 0.324 e. The summed E-state index contributed by atoms with van der Waals surface area (Å²) in [6.45, 7) is 3.14. The Hall–Kier alpha value is -2.19. The van der Waals surface area contributed by atoms with Crippen molar-refractivity contribution in [1.29, 1.82) is 0 Å². The first-order valence-corrected chi connectivity index (χ1v) is 9.75. The molecule has 0 saturated heterocycles. The zero-order valence-electron chi connectivity index (χ0n) is 14.3. The number of anilines is 2. The number of benzene rings is 2. The zero-order chi connectivity index (χ0) is 19.6. The first kappa shape index (κ1) is 20.1. The van der Waals surface area contributed by atoms with E-state index in [-0.39, 0.29) is 5.69 Å². The molecule has 2 aromatic carbocycles. The Labute approximate surface area is 155 Å². The van der Waals surface area contributed by atoms with Gasteiger partial charge in [0, 0.05) is 16.8 Å². The van der Waals surface area contributed by atoms with Crippen LogP contribution in [0.3, 0.4) is 0 Å². The van der Waals surface area contributed by atoms with Gasteiger partial charge in [-0.25, -0.2) is 17.2 Å². The topological polar surface area (TPSA) is 66.5 Å². The molecule has 0 saturated carbocycles. The van der Waals surface area contributed by atoms with Crippen molar-refractivity contribution < 1.29 is 22.0 Å². The third kappa shape index (κ3) is 4.50. The highest BCUT2D eigenvalue weighted by Gasteiger charge is 2.29. The molecule has 0 aromatic heterocycles. The van der Waals surface area contributed by atoms with Crippen molar-refractivity contribution in [2.24, 2.45) is 0 Å². The van der Waals surface area contributed by atoms with Crippen molar-refractivity contribution in [2.75, 3.05) is 15.9 Å². The van der Waals surface area contributed by atoms with E-state index >= 15 is 0 Å². The van der Waals surface area contributed by atoms with Crippen LogP contribution in [0.1, 0.15) is 12.5 Å². The highest BCUT2D eigenvalue weighted by molar-refractivity contribution is 7.92. The summed E-state index contributed by atoms with van der Waals surface area (Å²) >= 11 is 6.01. The SMILES string of the molecule is Cc1ccc(NC(=O)C(C)N(c2ccc(F)c(F)c2)S(C)(=O)=O)cc1Cl. The minimum atomic E-state index is -3.94. The molecule has 0 bridgehead atoms. The second-order valence-electron chi connectivity index (χ2n) is 5.79. The number of amides is 1. The average molecular weight is 403 g/mol. The van der Waals surface area contributed by atoms with Crippen LogP contribution in [0, 0.1) is 18.6 Å². The van der Waals surface area contributed by atoms with E-state index in [0.29, 0.717) is 10.7 Å². The fourth-order valence-electron chi connectivity index (χ4n) is 2.35. The number of rotatable bonds is 5. The van der Waals surface area contributed by atoms with Gasteiger partial charge in [-0.3, -0.25) is 9.10 Å². The second kappa shape index (κ2) is 7.59. The maximum absolute atomic E-state index is 13.5. The fourth-order valence-corrected chi connectivity index (χ4v) is 3.70. The van der Waals surface area contributed by atoms with Crippen LogP contribution in [0.4, 0.5) is 20.2 Å². The number of carbonyl (C=O) groups excluding carboxylic acids is 1. The lowest BCUT2D eigenvalue weighted by Gasteiger charge is -2.28. The fraction of sp³-hybridized carbons (Fsp3) is 0.235. The number of aryl methyl sites for hydroxylation is 1. The van der Waals surface area contributed by atoms with E-state index in [1.165, 1.54) is 13.0 Å². The average Bonchev–Trinajstić information content (AvgIpc) is 2.53. The van der Waals surface area contributed by atoms with Gasteiger partial charge in [-0.2, -0.15) is 0 Å². The van der Waals surface area contributed by atoms with Crippen molar-refractivity contribution in [3.05, 3.63) is 58.6 Å². The highest BCUT2D eigenvalue weighted by atomic mass is 35.5. The number of carbonyl (C=O) groups is 1. The van der Waals surface area contributed by atoms with Crippen LogP contribution < -0.4 is 9.62 Å². The van der Waals surface area contributed by atoms with E-state index in [4.69, 9.17) is 11.6 Å². The monoisotopic (exact) mass is 402 g/mol. The number of nitrogens with one attached hydrogen (secondary N) is 1. The summed E-state index contributed by atoms with van der Waals surface area (Å²) in [5.74, 6) is -2.98. The van der Waals surface area contributed by atoms with Gasteiger partial charge >= 0.3 is 0 Å². The van der Waals surface area contributed by atoms with Gasteiger partial charge in [0.15, 0.2) is 11.6 Å². The van der Waals surface area contributed by atoms with Crippen molar-refractivity contribution in [1.82, 2.24) is 0 Å². The predicted octanol–water partition coefficient (Wildman–Crippen LogP) is 3.72. The van der Waals surface area contributed by atoms with Crippen LogP contribution in [0.5, 0.6) is 0 Å². The highest BCUT2D eigenvalue weighted by Crippen LogP contribution is 2.25. The Morgan fingerprint density at radius 2 is 1.81 bits per heavy atom. The Balaban J connectivity index is 2.34. The molecule has 1 amide bonds. The summed E-state index contributed by atoms with van der Waals surface area (Å²) in [5, 5.41) is 3.00. The third-order valence-corrected chi connectivity index (χ3v) is 5.33. The lowest BCUT2D eigenvalue weighted by molar-refractivity contribution is -0.116. The number of hydrogen-bond acceptors (Lipinski definition) is 3. The van der Waals surface area contributed by atoms with E-state index in [1.54, 1.807) is 19.1 Å². The van der Waals surface area contributed by atoms with Gasteiger partial charge in [0.2, 0.25) is 15.9 Å². The van der Waals surface area contributed by atoms with E-state index < -0.39 is 33.6 Å². The van der Waals surface area contributed by atoms with E-state index in [0.717, 1.165) is 34.3 Å². The molecule has 26 heavy (non-hydrogen) atoms. The molecule has 2 aromatic rings. The summed E-state index contributed by atoms with van der Waals surface area (Å²) in [4.78, 5) is 12.5. The van der Waals surface area contributed by atoms with Crippen LogP contribution in [0.25, 0.3) is 0 Å². The van der Waals surface area contributed by atoms with Gasteiger partial charge in [0.25, 0.3) is 0 Å². The summed E-state index contributed by atoms with van der Waals surface area (Å²) < 4.78 is 51.6. The molecule has 0 spiro atoms. The quantitative estimate of drug-likeness (QED) is 0.828. The summed E-state index contributed by atoms with van der Waals surface area (Å²) in [6, 6.07) is 6.25. The van der Waals surface area contributed by atoms with Crippen LogP contribution in [0.15, 0.2) is 36.4 Å². The van der Waals surface area contributed by atoms with Crippen LogP contribution in [0.2, 0.25) is 5.02 Å². The molecule has 0 radical (unpaired) electrons. The Kier molecular flexibility index (Phi) is 5.87. The summed E-state index contributed by atoms with van der Waals surface area (Å²) in [7, 11) is -3.94. The number of halogens is 3. The summed E-state index contributed by atoms with van der Waals surface area (Å²) in [5.41, 5.74) is 1.05. The molecular weight excluding hydrogens is 386 g/mol. The summed E-state index contributed by atoms with van der Waals surface area (Å²) in [6.07, 6.45) is 0.876. The Bertz CT molecular complexity index is 951. The van der Waals surface area contributed by atoms with Gasteiger partial charge in [-0.1, -0.05) is 17.7 Å². The van der Waals surface area contributed by atoms with Crippen molar-refractivity contribution >= 4 is 38.9 Å². The maximum atomic E-state index is 13.5. The molecule has 0 fully saturated rings. The van der Waals surface area contributed by atoms with E-state index in [1.807, 2.05) is 0 Å². The number of nitrogens with zero attached hydrogens (tertiary/aromatic N) is 1. The van der Waals surface area contributed by atoms with Crippen LogP contribution in [-0.4, -0.2) is 26.6 Å². The smallest absolute Gasteiger partial charge is 0.247 e. The lowest BCUT2D eigenvalue weighted by atomic mass is 10.2. The predicted molar refractivity (Wildman–Crippen MR) is 98.0 cm³/mol. The maximum Gasteiger partial charge on any atom is 0.247 e. The van der Waals surface area contributed by atoms with E-state index in [2.05, 4.69) is 5.32 Å². The molecule has 1 unspecified atom stereocenters. The Morgan fingerprint density at radius 1 is 1.15 bits per heavy atom. The van der Waals surface area contributed by atoms with Gasteiger partial charge in [-0.05, 0) is 43.7 Å². The van der Waals surface area contributed by atoms with Crippen molar-refractivity contribution in [2.45, 2.75) is 19.9 Å². The minimum Gasteiger partial charge on any atom is -0.324 e. The molecular formula is C17H17ClF2N2O3S. The molecule has 1 atom stereocenters. The molecule has 140 valence electrons. The molecule has 0 aliphatic carbocycles. The molecule has 1 N–H and O–H groups in total. The molecule has 0 heterocycles. The normalized spacial score (nSPS) is 12.5. The molecule has 0 aliphatic heterocycles. The lowest BCUT2D eigenvalue weighted by Crippen LogP contribution is -2.45. The molecule has 0 aliphatic rings. The molecule has 2 rings (SSSR count). The molecule has 9 heteroatoms. The van der Waals surface area contributed by atoms with Crippen molar-refractivity contribution in [3.8, 4) is 0 Å². The Morgan fingerprint density at radius 3 is 2.35 bits per heavy atom. The third-order valence-electron chi connectivity index (χ3n) is 3.69. The first-order valence-electron chi connectivity index (χ1n) is 7.52. The van der Waals surface area contributed by atoms with Crippen LogP contribution in [-0.2, 0) is 14.8 Å².